The maximum Gasteiger partial charge on any atom is 0.421 e. The molecule has 0 spiro atoms. The minimum Gasteiger partial charge on any atom is -0.449 e. The highest BCUT2D eigenvalue weighted by atomic mass is 19.4. The third kappa shape index (κ3) is 5.18. The van der Waals surface area contributed by atoms with E-state index in [1.165, 1.54) is 12.1 Å². The summed E-state index contributed by atoms with van der Waals surface area (Å²) in [6.07, 6.45) is 0.321. The van der Waals surface area contributed by atoms with Crippen molar-refractivity contribution in [3.63, 3.8) is 0 Å². The average Bonchev–Trinajstić information content (AvgIpc) is 3.69. The summed E-state index contributed by atoms with van der Waals surface area (Å²) in [5.74, 6) is -0.237. The topological polar surface area (TPSA) is 106 Å². The number of hydrogen-bond acceptors (Lipinski definition) is 5. The minimum atomic E-state index is -4.83. The van der Waals surface area contributed by atoms with E-state index in [0.29, 0.717) is 32.6 Å². The number of amides is 2. The molecule has 0 aliphatic heterocycles. The van der Waals surface area contributed by atoms with Gasteiger partial charge in [0.05, 0.1) is 0 Å². The van der Waals surface area contributed by atoms with Crippen LogP contribution in [0.4, 0.5) is 18.0 Å². The van der Waals surface area contributed by atoms with E-state index in [1.54, 1.807) is 6.20 Å². The van der Waals surface area contributed by atoms with Gasteiger partial charge < -0.3 is 20.5 Å². The van der Waals surface area contributed by atoms with Crippen molar-refractivity contribution in [3.05, 3.63) is 65.5 Å². The number of alkyl halides is 3. The normalized spacial score (nSPS) is 24.0. The van der Waals surface area contributed by atoms with E-state index in [-0.39, 0.29) is 35.7 Å². The van der Waals surface area contributed by atoms with Crippen molar-refractivity contribution in [2.24, 2.45) is 5.73 Å². The Balaban J connectivity index is 1.51. The molecule has 2 aliphatic rings. The number of primary amides is 1. The van der Waals surface area contributed by atoms with Crippen molar-refractivity contribution in [3.8, 4) is 0 Å². The maximum absolute atomic E-state index is 13.5. The Kier molecular flexibility index (Phi) is 7.01. The maximum atomic E-state index is 13.5. The minimum absolute atomic E-state index is 0.0617. The van der Waals surface area contributed by atoms with Gasteiger partial charge in [0.2, 0.25) is 0 Å². The average molecular weight is 506 g/mol. The van der Waals surface area contributed by atoms with Crippen LogP contribution >= 0.6 is 0 Å². The summed E-state index contributed by atoms with van der Waals surface area (Å²) in [5.41, 5.74) is 2.48. The molecule has 1 aromatic heterocycles. The Labute approximate surface area is 207 Å². The number of carbonyl (C=O) groups is 2. The Morgan fingerprint density at radius 1 is 1.08 bits per heavy atom. The molecular formula is C26H30F3N3O4. The van der Waals surface area contributed by atoms with E-state index in [2.05, 4.69) is 4.98 Å². The van der Waals surface area contributed by atoms with Gasteiger partial charge in [0, 0.05) is 35.0 Å². The molecule has 4 rings (SSSR count). The number of aromatic nitrogens is 1. The summed E-state index contributed by atoms with van der Waals surface area (Å²) in [6, 6.07) is 10.6. The third-order valence-corrected chi connectivity index (χ3v) is 7.43. The smallest absolute Gasteiger partial charge is 0.421 e. The van der Waals surface area contributed by atoms with Crippen LogP contribution in [0.5, 0.6) is 0 Å². The molecule has 0 saturated heterocycles. The van der Waals surface area contributed by atoms with Gasteiger partial charge in [-0.2, -0.15) is 13.2 Å². The molecule has 0 radical (unpaired) electrons. The second-order valence-corrected chi connectivity index (χ2v) is 9.93. The number of halogens is 3. The van der Waals surface area contributed by atoms with Crippen molar-refractivity contribution >= 4 is 12.0 Å². The second kappa shape index (κ2) is 9.72. The summed E-state index contributed by atoms with van der Waals surface area (Å²) in [7, 11) is 0. The first kappa shape index (κ1) is 25.9. The fourth-order valence-corrected chi connectivity index (χ4v) is 5.03. The van der Waals surface area contributed by atoms with Gasteiger partial charge in [-0.3, -0.25) is 9.78 Å². The number of ether oxygens (including phenoxy) is 1. The number of rotatable bonds is 7. The largest absolute Gasteiger partial charge is 0.449 e. The van der Waals surface area contributed by atoms with Gasteiger partial charge in [-0.1, -0.05) is 18.2 Å². The quantitative estimate of drug-likeness (QED) is 0.579. The van der Waals surface area contributed by atoms with E-state index in [9.17, 15) is 27.9 Å². The molecule has 2 saturated carbocycles. The number of carbonyl (C=O) groups excluding carboxylic acids is 2. The first-order valence-electron chi connectivity index (χ1n) is 12.0. The highest BCUT2D eigenvalue weighted by Gasteiger charge is 2.51. The van der Waals surface area contributed by atoms with Crippen LogP contribution < -0.4 is 5.73 Å². The number of benzene rings is 1. The number of pyridine rings is 1. The SMILES string of the molecule is CC(O)(c1ccc(C(=O)N(C2CC2)C2CCC(COC(N)=O)(c3ccccn3)CC2)cc1)C(F)(F)F. The third-order valence-electron chi connectivity index (χ3n) is 7.43. The van der Waals surface area contributed by atoms with Gasteiger partial charge in [0.15, 0.2) is 5.60 Å². The van der Waals surface area contributed by atoms with Crippen molar-refractivity contribution in [1.82, 2.24) is 9.88 Å². The summed E-state index contributed by atoms with van der Waals surface area (Å²) >= 11 is 0. The van der Waals surface area contributed by atoms with Crippen LogP contribution in [0.2, 0.25) is 0 Å². The fraction of sp³-hybridized carbons (Fsp3) is 0.500. The zero-order valence-corrected chi connectivity index (χ0v) is 20.0. The number of nitrogens with zero attached hydrogens (tertiary/aromatic N) is 2. The highest BCUT2D eigenvalue weighted by molar-refractivity contribution is 5.95. The predicted octanol–water partition coefficient (Wildman–Crippen LogP) is 4.43. The van der Waals surface area contributed by atoms with E-state index in [4.69, 9.17) is 10.5 Å². The number of hydrogen-bond donors (Lipinski definition) is 2. The van der Waals surface area contributed by atoms with Crippen LogP contribution in [-0.4, -0.2) is 51.9 Å². The van der Waals surface area contributed by atoms with Crippen LogP contribution in [0.1, 0.15) is 67.1 Å². The molecule has 2 aromatic rings. The molecule has 10 heteroatoms. The molecule has 2 aliphatic carbocycles. The molecule has 3 N–H and O–H groups in total. The molecule has 1 aromatic carbocycles. The fourth-order valence-electron chi connectivity index (χ4n) is 5.03. The predicted molar refractivity (Wildman–Crippen MR) is 125 cm³/mol. The summed E-state index contributed by atoms with van der Waals surface area (Å²) < 4.78 is 44.7. The van der Waals surface area contributed by atoms with Crippen LogP contribution in [-0.2, 0) is 15.8 Å². The molecule has 1 unspecified atom stereocenters. The van der Waals surface area contributed by atoms with E-state index < -0.39 is 23.3 Å². The molecular weight excluding hydrogens is 475 g/mol. The molecule has 2 amide bonds. The summed E-state index contributed by atoms with van der Waals surface area (Å²) in [5, 5.41) is 9.92. The van der Waals surface area contributed by atoms with Crippen LogP contribution in [0.25, 0.3) is 0 Å². The molecule has 36 heavy (non-hydrogen) atoms. The van der Waals surface area contributed by atoms with Crippen molar-refractivity contribution < 1.29 is 32.6 Å². The molecule has 1 atom stereocenters. The van der Waals surface area contributed by atoms with Crippen LogP contribution in [0.3, 0.4) is 0 Å². The van der Waals surface area contributed by atoms with E-state index >= 15 is 0 Å². The monoisotopic (exact) mass is 505 g/mol. The Morgan fingerprint density at radius 3 is 2.19 bits per heavy atom. The summed E-state index contributed by atoms with van der Waals surface area (Å²) in [6.45, 7) is 0.794. The van der Waals surface area contributed by atoms with Crippen molar-refractivity contribution in [2.75, 3.05) is 6.61 Å². The first-order valence-corrected chi connectivity index (χ1v) is 12.0. The number of nitrogens with two attached hydrogens (primary N) is 1. The molecule has 0 bridgehead atoms. The molecule has 194 valence electrons. The molecule has 2 fully saturated rings. The lowest BCUT2D eigenvalue weighted by Crippen LogP contribution is -2.48. The second-order valence-electron chi connectivity index (χ2n) is 9.93. The van der Waals surface area contributed by atoms with E-state index in [0.717, 1.165) is 30.7 Å². The van der Waals surface area contributed by atoms with Crippen LogP contribution in [0, 0.1) is 0 Å². The lowest BCUT2D eigenvalue weighted by molar-refractivity contribution is -0.258. The Bertz CT molecular complexity index is 1080. The summed E-state index contributed by atoms with van der Waals surface area (Å²) in [4.78, 5) is 31.1. The van der Waals surface area contributed by atoms with Crippen LogP contribution in [0.15, 0.2) is 48.7 Å². The lowest BCUT2D eigenvalue weighted by Gasteiger charge is -2.43. The van der Waals surface area contributed by atoms with Crippen molar-refractivity contribution in [2.45, 2.75) is 74.7 Å². The number of aliphatic hydroxyl groups is 1. The van der Waals surface area contributed by atoms with Gasteiger partial charge in [0.1, 0.15) is 6.61 Å². The zero-order chi connectivity index (χ0) is 26.1. The van der Waals surface area contributed by atoms with Gasteiger partial charge >= 0.3 is 12.3 Å². The van der Waals surface area contributed by atoms with Gasteiger partial charge in [-0.05, 0) is 75.3 Å². The Morgan fingerprint density at radius 2 is 1.69 bits per heavy atom. The molecule has 7 nitrogen and oxygen atoms in total. The standard InChI is InChI=1S/C26H30F3N3O4/c1-24(35,26(27,28)29)18-7-5-17(6-8-18)22(33)32(19-9-10-19)20-11-13-25(14-12-20,16-36-23(30)34)21-4-2-3-15-31-21/h2-8,15,19-20,35H,9-14,16H2,1H3,(H2,30,34). The van der Waals surface area contributed by atoms with Gasteiger partial charge in [-0.25, -0.2) is 4.79 Å². The first-order chi connectivity index (χ1) is 16.9. The zero-order valence-electron chi connectivity index (χ0n) is 20.0. The van der Waals surface area contributed by atoms with Gasteiger partial charge in [-0.15, -0.1) is 0 Å². The van der Waals surface area contributed by atoms with Gasteiger partial charge in [0.25, 0.3) is 5.91 Å². The Hall–Kier alpha value is -3.14. The van der Waals surface area contributed by atoms with E-state index in [1.807, 2.05) is 23.1 Å². The highest BCUT2D eigenvalue weighted by Crippen LogP contribution is 2.43. The molecule has 1 heterocycles. The lowest BCUT2D eigenvalue weighted by atomic mass is 9.70. The van der Waals surface area contributed by atoms with Crippen molar-refractivity contribution in [1.29, 1.82) is 0 Å².